The summed E-state index contributed by atoms with van der Waals surface area (Å²) < 4.78 is 0.804. The number of aryl methyl sites for hydroxylation is 2. The molecule has 0 saturated carbocycles. The van der Waals surface area contributed by atoms with Crippen LogP contribution in [-0.2, 0) is 11.3 Å². The van der Waals surface area contributed by atoms with Gasteiger partial charge in [0.15, 0.2) is 0 Å². The summed E-state index contributed by atoms with van der Waals surface area (Å²) >= 11 is 3.58. The number of H-pyrrole nitrogens is 1. The maximum absolute atomic E-state index is 13.2. The zero-order chi connectivity index (χ0) is 27.3. The van der Waals surface area contributed by atoms with Gasteiger partial charge in [0.05, 0.1) is 0 Å². The number of carbonyl (C=O) groups is 2. The van der Waals surface area contributed by atoms with Crippen LogP contribution in [0.4, 0.5) is 5.69 Å². The minimum atomic E-state index is -0.232. The van der Waals surface area contributed by atoms with Gasteiger partial charge in [-0.3, -0.25) is 14.4 Å². The summed E-state index contributed by atoms with van der Waals surface area (Å²) in [6.07, 6.45) is 4.42. The first-order valence-electron chi connectivity index (χ1n) is 12.7. The molecule has 200 valence electrons. The second-order valence-corrected chi connectivity index (χ2v) is 10.8. The molecule has 3 rings (SSSR count). The smallest absolute Gasteiger partial charge is 0.253 e. The summed E-state index contributed by atoms with van der Waals surface area (Å²) in [4.78, 5) is 47.2. The van der Waals surface area contributed by atoms with E-state index in [0.717, 1.165) is 46.5 Å². The predicted molar refractivity (Wildman–Crippen MR) is 152 cm³/mol. The average Bonchev–Trinajstić information content (AvgIpc) is 3.30. The molecule has 1 aromatic heterocycles. The third-order valence-corrected chi connectivity index (χ3v) is 7.26. The van der Waals surface area contributed by atoms with E-state index in [0.29, 0.717) is 24.2 Å². The molecule has 8 nitrogen and oxygen atoms in total. The molecule has 1 aliphatic heterocycles. The van der Waals surface area contributed by atoms with Crippen LogP contribution in [0, 0.1) is 20.8 Å². The van der Waals surface area contributed by atoms with Crippen LogP contribution in [0.2, 0.25) is 0 Å². The molecule has 2 amide bonds. The van der Waals surface area contributed by atoms with Crippen molar-refractivity contribution in [3.8, 4) is 0 Å². The third kappa shape index (κ3) is 7.11. The molecule has 1 aromatic carbocycles. The van der Waals surface area contributed by atoms with Crippen LogP contribution in [0.3, 0.4) is 0 Å². The number of amides is 2. The molecule has 1 saturated heterocycles. The van der Waals surface area contributed by atoms with Crippen LogP contribution in [0.5, 0.6) is 0 Å². The molecule has 1 fully saturated rings. The zero-order valence-electron chi connectivity index (χ0n) is 22.7. The van der Waals surface area contributed by atoms with Crippen LogP contribution in [0.15, 0.2) is 39.6 Å². The lowest BCUT2D eigenvalue weighted by molar-refractivity contribution is -0.125. The lowest BCUT2D eigenvalue weighted by atomic mass is 10.0. The maximum atomic E-state index is 13.2. The van der Waals surface area contributed by atoms with Crippen molar-refractivity contribution >= 4 is 33.4 Å². The number of hydrogen-bond acceptors (Lipinski definition) is 5. The molecule has 0 spiro atoms. The van der Waals surface area contributed by atoms with E-state index in [1.54, 1.807) is 6.08 Å². The van der Waals surface area contributed by atoms with Gasteiger partial charge >= 0.3 is 0 Å². The Balaban J connectivity index is 1.77. The summed E-state index contributed by atoms with van der Waals surface area (Å²) in [7, 11) is 3.94. The van der Waals surface area contributed by atoms with Gasteiger partial charge in [-0.2, -0.15) is 0 Å². The number of carbonyl (C=O) groups excluding carboxylic acids is 2. The van der Waals surface area contributed by atoms with Crippen molar-refractivity contribution in [3.63, 3.8) is 0 Å². The Morgan fingerprint density at radius 1 is 1.22 bits per heavy atom. The van der Waals surface area contributed by atoms with E-state index in [1.165, 1.54) is 0 Å². The number of pyridine rings is 1. The van der Waals surface area contributed by atoms with E-state index in [2.05, 4.69) is 38.1 Å². The fraction of sp³-hybridized carbons (Fsp3) is 0.464. The molecule has 0 bridgehead atoms. The number of nitrogens with one attached hydrogen (secondary N) is 2. The van der Waals surface area contributed by atoms with Crippen molar-refractivity contribution in [2.24, 2.45) is 0 Å². The van der Waals surface area contributed by atoms with Gasteiger partial charge in [-0.05, 0) is 77.5 Å². The molecule has 2 aromatic rings. The van der Waals surface area contributed by atoms with E-state index in [9.17, 15) is 14.4 Å². The van der Waals surface area contributed by atoms with Crippen molar-refractivity contribution in [2.75, 3.05) is 45.2 Å². The quantitative estimate of drug-likeness (QED) is 0.449. The third-order valence-electron chi connectivity index (χ3n) is 6.81. The fourth-order valence-corrected chi connectivity index (χ4v) is 5.30. The number of benzene rings is 1. The molecule has 1 unspecified atom stereocenters. The molecule has 0 aliphatic carbocycles. The fourth-order valence-electron chi connectivity index (χ4n) is 4.86. The minimum absolute atomic E-state index is 0.0350. The van der Waals surface area contributed by atoms with Crippen molar-refractivity contribution in [3.05, 3.63) is 73.1 Å². The molecule has 2 N–H and O–H groups in total. The number of likely N-dealkylation sites (N-methyl/N-ethyl adjacent to an activating group) is 2. The monoisotopic (exact) mass is 571 g/mol. The summed E-state index contributed by atoms with van der Waals surface area (Å²) in [5.74, 6) is -0.197. The Kier molecular flexibility index (Phi) is 9.73. The lowest BCUT2D eigenvalue weighted by Gasteiger charge is -2.32. The molecule has 2 heterocycles. The normalized spacial score (nSPS) is 15.6. The molecule has 9 heteroatoms. The van der Waals surface area contributed by atoms with Crippen LogP contribution in [0.1, 0.15) is 46.1 Å². The van der Waals surface area contributed by atoms with Gasteiger partial charge in [0.1, 0.15) is 0 Å². The number of likely N-dealkylation sites (tertiary alicyclic amines) is 1. The Morgan fingerprint density at radius 3 is 2.59 bits per heavy atom. The first-order chi connectivity index (χ1) is 17.5. The Hall–Kier alpha value is -2.91. The minimum Gasteiger partial charge on any atom is -0.367 e. The summed E-state index contributed by atoms with van der Waals surface area (Å²) in [6, 6.07) is 5.91. The molecule has 1 aliphatic rings. The summed E-state index contributed by atoms with van der Waals surface area (Å²) in [5, 5.41) is 2.93. The van der Waals surface area contributed by atoms with Gasteiger partial charge < -0.3 is 25.0 Å². The van der Waals surface area contributed by atoms with Crippen molar-refractivity contribution in [1.82, 2.24) is 20.1 Å². The predicted octanol–water partition coefficient (Wildman–Crippen LogP) is 3.54. The van der Waals surface area contributed by atoms with Crippen molar-refractivity contribution < 1.29 is 9.59 Å². The first kappa shape index (κ1) is 28.7. The van der Waals surface area contributed by atoms with Gasteiger partial charge in [-0.1, -0.05) is 22.0 Å². The van der Waals surface area contributed by atoms with Crippen LogP contribution >= 0.6 is 15.9 Å². The molecular weight excluding hydrogens is 534 g/mol. The van der Waals surface area contributed by atoms with Crippen LogP contribution in [-0.4, -0.2) is 72.9 Å². The number of halogens is 1. The highest BCUT2D eigenvalue weighted by Gasteiger charge is 2.30. The van der Waals surface area contributed by atoms with Gasteiger partial charge in [0.2, 0.25) is 5.91 Å². The Bertz CT molecular complexity index is 1240. The van der Waals surface area contributed by atoms with E-state index in [4.69, 9.17) is 0 Å². The van der Waals surface area contributed by atoms with Crippen LogP contribution < -0.4 is 15.8 Å². The van der Waals surface area contributed by atoms with E-state index >= 15 is 0 Å². The van der Waals surface area contributed by atoms with Gasteiger partial charge in [-0.25, -0.2) is 0 Å². The average molecular weight is 573 g/mol. The highest BCUT2D eigenvalue weighted by atomic mass is 79.9. The van der Waals surface area contributed by atoms with Crippen LogP contribution in [0.25, 0.3) is 0 Å². The Morgan fingerprint density at radius 2 is 1.95 bits per heavy atom. The van der Waals surface area contributed by atoms with E-state index < -0.39 is 0 Å². The zero-order valence-corrected chi connectivity index (χ0v) is 24.2. The van der Waals surface area contributed by atoms with E-state index in [-0.39, 0.29) is 30.0 Å². The molecule has 37 heavy (non-hydrogen) atoms. The lowest BCUT2D eigenvalue weighted by Crippen LogP contribution is -2.39. The topological polar surface area (TPSA) is 88.7 Å². The molecule has 0 radical (unpaired) electrons. The molecule has 1 atom stereocenters. The number of anilines is 1. The SMILES string of the molecule is CCN(c1cc(Br)cc(C(=O)NCc2c(C)cc(C)[nH]c2=O)c1C)C1CCN(C(=O)C=CCN(C)C)C1. The molecular formula is C28H38BrN5O3. The standard InChI is InChI=1S/C28H38BrN5O3/c1-7-34(22-10-12-33(17-22)26(35)9-8-11-32(5)6)25-15-21(29)14-23(20(25)4)27(36)30-16-24-18(2)13-19(3)31-28(24)37/h8-9,13-15,22H,7,10-12,16-17H2,1-6H3,(H,30,36)(H,31,37). The summed E-state index contributed by atoms with van der Waals surface area (Å²) in [5.41, 5.74) is 4.41. The van der Waals surface area contributed by atoms with Crippen molar-refractivity contribution in [2.45, 2.75) is 46.7 Å². The second-order valence-electron chi connectivity index (χ2n) is 9.90. The number of rotatable bonds is 9. The largest absolute Gasteiger partial charge is 0.367 e. The van der Waals surface area contributed by atoms with Gasteiger partial charge in [0, 0.05) is 71.8 Å². The number of hydrogen-bond donors (Lipinski definition) is 2. The maximum Gasteiger partial charge on any atom is 0.253 e. The summed E-state index contributed by atoms with van der Waals surface area (Å²) in [6.45, 7) is 10.7. The van der Waals surface area contributed by atoms with Gasteiger partial charge in [-0.15, -0.1) is 0 Å². The number of aromatic nitrogens is 1. The number of aromatic amines is 1. The highest BCUT2D eigenvalue weighted by molar-refractivity contribution is 9.10. The first-order valence-corrected chi connectivity index (χ1v) is 13.5. The van der Waals surface area contributed by atoms with Gasteiger partial charge in [0.25, 0.3) is 11.5 Å². The van der Waals surface area contributed by atoms with Crippen molar-refractivity contribution in [1.29, 1.82) is 0 Å². The Labute approximate surface area is 227 Å². The highest BCUT2D eigenvalue weighted by Crippen LogP contribution is 2.32. The second kappa shape index (κ2) is 12.6. The number of nitrogens with zero attached hydrogens (tertiary/aromatic N) is 3. The van der Waals surface area contributed by atoms with E-state index in [1.807, 2.05) is 68.9 Å².